The Morgan fingerprint density at radius 2 is 2.39 bits per heavy atom. The van der Waals surface area contributed by atoms with Gasteiger partial charge in [0.25, 0.3) is 0 Å². The fraction of sp³-hybridized carbons (Fsp3) is 0.818. The van der Waals surface area contributed by atoms with Gasteiger partial charge in [-0.25, -0.2) is 0 Å². The topological polar surface area (TPSA) is 90.9 Å². The van der Waals surface area contributed by atoms with Crippen LogP contribution in [0.5, 0.6) is 0 Å². The van der Waals surface area contributed by atoms with Crippen molar-refractivity contribution in [2.75, 3.05) is 32.8 Å². The number of piperazine rings is 1. The maximum Gasteiger partial charge on any atom is 0.241 e. The van der Waals surface area contributed by atoms with Gasteiger partial charge >= 0.3 is 0 Å². The van der Waals surface area contributed by atoms with Crippen molar-refractivity contribution in [1.82, 2.24) is 15.5 Å². The monoisotopic (exact) mass is 257 g/mol. The molecule has 0 aromatic carbocycles. The van der Waals surface area contributed by atoms with Gasteiger partial charge in [0, 0.05) is 13.1 Å². The first-order chi connectivity index (χ1) is 8.61. The van der Waals surface area contributed by atoms with E-state index in [-0.39, 0.29) is 43.2 Å². The van der Waals surface area contributed by atoms with Gasteiger partial charge in [0.1, 0.15) is 6.04 Å². The summed E-state index contributed by atoms with van der Waals surface area (Å²) in [6.45, 7) is 3.11. The van der Waals surface area contributed by atoms with Crippen molar-refractivity contribution in [3.63, 3.8) is 0 Å². The van der Waals surface area contributed by atoms with Crippen LogP contribution in [0.2, 0.25) is 0 Å². The summed E-state index contributed by atoms with van der Waals surface area (Å²) in [6, 6.07) is -0.401. The van der Waals surface area contributed by atoms with Crippen molar-refractivity contribution in [1.29, 1.82) is 0 Å². The maximum atomic E-state index is 12.3. The van der Waals surface area contributed by atoms with E-state index in [4.69, 9.17) is 9.84 Å². The zero-order chi connectivity index (χ0) is 13.1. The van der Waals surface area contributed by atoms with Crippen LogP contribution in [0, 0.1) is 0 Å². The molecule has 0 bridgehead atoms. The Kier molecular flexibility index (Phi) is 4.15. The van der Waals surface area contributed by atoms with E-state index in [1.165, 1.54) is 0 Å². The van der Waals surface area contributed by atoms with Crippen molar-refractivity contribution >= 4 is 11.8 Å². The van der Waals surface area contributed by atoms with Gasteiger partial charge in [-0.3, -0.25) is 14.9 Å². The third-order valence-electron chi connectivity index (χ3n) is 3.30. The predicted octanol–water partition coefficient (Wildman–Crippen LogP) is -2.32. The molecule has 0 radical (unpaired) electrons. The van der Waals surface area contributed by atoms with Gasteiger partial charge in [0.2, 0.25) is 11.8 Å². The molecular weight excluding hydrogens is 238 g/mol. The van der Waals surface area contributed by atoms with Crippen molar-refractivity contribution < 1.29 is 19.4 Å². The van der Waals surface area contributed by atoms with Gasteiger partial charge in [-0.1, -0.05) is 0 Å². The van der Waals surface area contributed by atoms with Crippen LogP contribution in [0.15, 0.2) is 0 Å². The highest BCUT2D eigenvalue weighted by atomic mass is 16.5. The molecule has 2 aliphatic rings. The highest BCUT2D eigenvalue weighted by molar-refractivity contribution is 5.87. The Bertz CT molecular complexity index is 326. The second kappa shape index (κ2) is 5.64. The third kappa shape index (κ3) is 2.80. The van der Waals surface area contributed by atoms with Gasteiger partial charge in [0.05, 0.1) is 31.9 Å². The predicted molar refractivity (Wildman–Crippen MR) is 62.8 cm³/mol. The molecule has 2 rings (SSSR count). The van der Waals surface area contributed by atoms with E-state index in [0.717, 1.165) is 0 Å². The largest absolute Gasteiger partial charge is 0.394 e. The number of nitrogens with zero attached hydrogens (tertiary/aromatic N) is 1. The van der Waals surface area contributed by atoms with Crippen LogP contribution in [0.4, 0.5) is 0 Å². The minimum Gasteiger partial charge on any atom is -0.394 e. The summed E-state index contributed by atoms with van der Waals surface area (Å²) >= 11 is 0. The molecule has 0 aromatic heterocycles. The Balaban J connectivity index is 1.96. The van der Waals surface area contributed by atoms with Crippen molar-refractivity contribution in [3.05, 3.63) is 0 Å². The summed E-state index contributed by atoms with van der Waals surface area (Å²) < 4.78 is 5.39. The van der Waals surface area contributed by atoms with Gasteiger partial charge in [-0.2, -0.15) is 0 Å². The molecule has 3 unspecified atom stereocenters. The number of hydrogen-bond acceptors (Lipinski definition) is 5. The number of aliphatic hydroxyl groups is 1. The smallest absolute Gasteiger partial charge is 0.241 e. The van der Waals surface area contributed by atoms with E-state index in [1.807, 2.05) is 6.92 Å². The van der Waals surface area contributed by atoms with Crippen LogP contribution in [0.25, 0.3) is 0 Å². The molecule has 7 nitrogen and oxygen atoms in total. The Morgan fingerprint density at radius 1 is 1.61 bits per heavy atom. The van der Waals surface area contributed by atoms with Crippen LogP contribution < -0.4 is 10.6 Å². The zero-order valence-corrected chi connectivity index (χ0v) is 10.4. The maximum absolute atomic E-state index is 12.3. The summed E-state index contributed by atoms with van der Waals surface area (Å²) in [5, 5.41) is 14.7. The molecule has 2 saturated heterocycles. The van der Waals surface area contributed by atoms with Crippen molar-refractivity contribution in [2.45, 2.75) is 25.1 Å². The standard InChI is InChI=1S/C11H19N3O4/c1-7-6-18-8(5-15)4-14(7)11(17)9-2-13-10(16)3-12-9/h7-9,12,15H,2-6H2,1H3,(H,13,16). The van der Waals surface area contributed by atoms with E-state index in [2.05, 4.69) is 10.6 Å². The number of carbonyl (C=O) groups is 2. The average molecular weight is 257 g/mol. The van der Waals surface area contributed by atoms with E-state index in [9.17, 15) is 9.59 Å². The molecule has 18 heavy (non-hydrogen) atoms. The highest BCUT2D eigenvalue weighted by Crippen LogP contribution is 2.13. The molecule has 3 N–H and O–H groups in total. The van der Waals surface area contributed by atoms with Crippen molar-refractivity contribution in [3.8, 4) is 0 Å². The molecule has 0 aliphatic carbocycles. The van der Waals surface area contributed by atoms with Gasteiger partial charge in [-0.05, 0) is 6.92 Å². The number of morpholine rings is 1. The summed E-state index contributed by atoms with van der Waals surface area (Å²) in [7, 11) is 0. The number of hydrogen-bond donors (Lipinski definition) is 3. The van der Waals surface area contributed by atoms with Crippen LogP contribution in [-0.4, -0.2) is 72.9 Å². The van der Waals surface area contributed by atoms with Crippen LogP contribution >= 0.6 is 0 Å². The van der Waals surface area contributed by atoms with Gasteiger partial charge in [-0.15, -0.1) is 0 Å². The summed E-state index contributed by atoms with van der Waals surface area (Å²) in [4.78, 5) is 25.0. The van der Waals surface area contributed by atoms with E-state index in [0.29, 0.717) is 19.7 Å². The van der Waals surface area contributed by atoms with Crippen molar-refractivity contribution in [2.24, 2.45) is 0 Å². The zero-order valence-electron chi connectivity index (χ0n) is 10.4. The number of aliphatic hydroxyl groups excluding tert-OH is 1. The Hall–Kier alpha value is -1.18. The number of nitrogens with one attached hydrogen (secondary N) is 2. The summed E-state index contributed by atoms with van der Waals surface area (Å²) in [5.41, 5.74) is 0. The molecule has 2 aliphatic heterocycles. The summed E-state index contributed by atoms with van der Waals surface area (Å²) in [5.74, 6) is -0.147. The molecule has 2 heterocycles. The normalized spacial score (nSPS) is 33.1. The fourth-order valence-electron chi connectivity index (χ4n) is 2.18. The van der Waals surface area contributed by atoms with E-state index < -0.39 is 0 Å². The highest BCUT2D eigenvalue weighted by Gasteiger charge is 2.34. The first kappa shape index (κ1) is 13.3. The fourth-order valence-corrected chi connectivity index (χ4v) is 2.18. The number of carbonyl (C=O) groups excluding carboxylic acids is 2. The lowest BCUT2D eigenvalue weighted by Crippen LogP contribution is -2.62. The second-order valence-electron chi connectivity index (χ2n) is 4.72. The minimum atomic E-state index is -0.386. The molecule has 3 atom stereocenters. The lowest BCUT2D eigenvalue weighted by Gasteiger charge is -2.39. The van der Waals surface area contributed by atoms with Crippen LogP contribution in [0.3, 0.4) is 0 Å². The molecular formula is C11H19N3O4. The lowest BCUT2D eigenvalue weighted by molar-refractivity contribution is -0.149. The molecule has 2 amide bonds. The number of ether oxygens (including phenoxy) is 1. The first-order valence-electron chi connectivity index (χ1n) is 6.15. The van der Waals surface area contributed by atoms with Gasteiger partial charge < -0.3 is 20.1 Å². The molecule has 0 saturated carbocycles. The molecule has 2 fully saturated rings. The second-order valence-corrected chi connectivity index (χ2v) is 4.72. The van der Waals surface area contributed by atoms with Crippen LogP contribution in [-0.2, 0) is 14.3 Å². The molecule has 0 aromatic rings. The van der Waals surface area contributed by atoms with Crippen LogP contribution in [0.1, 0.15) is 6.92 Å². The quantitative estimate of drug-likeness (QED) is 0.517. The number of amides is 2. The summed E-state index contributed by atoms with van der Waals surface area (Å²) in [6.07, 6.45) is -0.316. The lowest BCUT2D eigenvalue weighted by atomic mass is 10.1. The number of rotatable bonds is 2. The van der Waals surface area contributed by atoms with Gasteiger partial charge in [0.15, 0.2) is 0 Å². The average Bonchev–Trinajstić information content (AvgIpc) is 2.39. The van der Waals surface area contributed by atoms with E-state index in [1.54, 1.807) is 4.90 Å². The minimum absolute atomic E-state index is 0.0141. The third-order valence-corrected chi connectivity index (χ3v) is 3.30. The van der Waals surface area contributed by atoms with E-state index >= 15 is 0 Å². The Labute approximate surface area is 105 Å². The molecule has 102 valence electrons. The molecule has 7 heteroatoms. The Morgan fingerprint density at radius 3 is 3.00 bits per heavy atom. The molecule has 0 spiro atoms. The SMILES string of the molecule is CC1COC(CO)CN1C(=O)C1CNC(=O)CN1. The first-order valence-corrected chi connectivity index (χ1v) is 6.15.